The van der Waals surface area contributed by atoms with E-state index >= 15 is 0 Å². The minimum Gasteiger partial charge on any atom is -0.497 e. The van der Waals surface area contributed by atoms with Gasteiger partial charge in [-0.3, -0.25) is 0 Å². The summed E-state index contributed by atoms with van der Waals surface area (Å²) in [5, 5.41) is 5.71. The Labute approximate surface area is 157 Å². The molecule has 26 heavy (non-hydrogen) atoms. The molecule has 0 atom stereocenters. The number of aryl methyl sites for hydroxylation is 3. The van der Waals surface area contributed by atoms with Crippen molar-refractivity contribution in [2.45, 2.75) is 32.6 Å². The summed E-state index contributed by atoms with van der Waals surface area (Å²) in [5.74, 6) is 2.36. The number of hydrogen-bond donors (Lipinski definition) is 1. The van der Waals surface area contributed by atoms with Gasteiger partial charge in [-0.05, 0) is 43.9 Å². The van der Waals surface area contributed by atoms with Crippen LogP contribution in [-0.2, 0) is 19.3 Å². The summed E-state index contributed by atoms with van der Waals surface area (Å²) in [4.78, 5) is 11.0. The molecule has 5 nitrogen and oxygen atoms in total. The van der Waals surface area contributed by atoms with Gasteiger partial charge in [0, 0.05) is 29.3 Å². The summed E-state index contributed by atoms with van der Waals surface area (Å²) in [6.07, 6.45) is 4.54. The normalized spacial score (nSPS) is 13.0. The lowest BCUT2D eigenvalue weighted by Gasteiger charge is -2.12. The van der Waals surface area contributed by atoms with Crippen LogP contribution >= 0.6 is 11.3 Å². The van der Waals surface area contributed by atoms with Gasteiger partial charge in [0.05, 0.1) is 24.9 Å². The lowest BCUT2D eigenvalue weighted by molar-refractivity contribution is 0.397. The Morgan fingerprint density at radius 1 is 1.12 bits per heavy atom. The second-order valence-electron chi connectivity index (χ2n) is 6.56. The Hall–Kier alpha value is -2.34. The van der Waals surface area contributed by atoms with Gasteiger partial charge in [0.15, 0.2) is 0 Å². The molecule has 136 valence electrons. The van der Waals surface area contributed by atoms with Crippen LogP contribution in [0, 0.1) is 6.92 Å². The highest BCUT2D eigenvalue weighted by atomic mass is 32.1. The van der Waals surface area contributed by atoms with Gasteiger partial charge in [-0.1, -0.05) is 0 Å². The van der Waals surface area contributed by atoms with Gasteiger partial charge in [0.25, 0.3) is 0 Å². The third kappa shape index (κ3) is 3.21. The monoisotopic (exact) mass is 369 g/mol. The van der Waals surface area contributed by atoms with Crippen molar-refractivity contribution in [1.29, 1.82) is 0 Å². The summed E-state index contributed by atoms with van der Waals surface area (Å²) < 4.78 is 10.9. The van der Waals surface area contributed by atoms with Crippen LogP contribution in [0.25, 0.3) is 10.9 Å². The SMILES string of the molecule is COc1cc(OC)c2nc(NCCc3nc4c(s3)CCC4)cc(C)c2c1. The molecule has 2 heterocycles. The molecule has 1 aromatic carbocycles. The van der Waals surface area contributed by atoms with Crippen molar-refractivity contribution in [3.05, 3.63) is 39.3 Å². The average Bonchev–Trinajstić information content (AvgIpc) is 3.23. The van der Waals surface area contributed by atoms with Crippen molar-refractivity contribution in [3.8, 4) is 11.5 Å². The molecule has 6 heteroatoms. The lowest BCUT2D eigenvalue weighted by Crippen LogP contribution is -2.07. The van der Waals surface area contributed by atoms with Crippen LogP contribution in [0.1, 0.15) is 27.6 Å². The van der Waals surface area contributed by atoms with Crippen LogP contribution in [0.2, 0.25) is 0 Å². The van der Waals surface area contributed by atoms with Crippen LogP contribution in [0.5, 0.6) is 11.5 Å². The zero-order chi connectivity index (χ0) is 18.1. The van der Waals surface area contributed by atoms with E-state index in [0.717, 1.165) is 53.2 Å². The standard InChI is InChI=1S/C20H23N3O2S/c1-12-9-18(21-8-7-19-22-15-5-4-6-17(15)26-19)23-20-14(12)10-13(24-2)11-16(20)25-3/h9-11H,4-8H2,1-3H3,(H,21,23). The largest absolute Gasteiger partial charge is 0.497 e. The second-order valence-corrected chi connectivity index (χ2v) is 7.73. The number of methoxy groups -OCH3 is 2. The molecule has 0 fully saturated rings. The first-order valence-electron chi connectivity index (χ1n) is 8.92. The summed E-state index contributed by atoms with van der Waals surface area (Å²) in [7, 11) is 3.32. The minimum atomic E-state index is 0.724. The van der Waals surface area contributed by atoms with Crippen molar-refractivity contribution in [3.63, 3.8) is 0 Å². The molecule has 0 aliphatic heterocycles. The van der Waals surface area contributed by atoms with Crippen LogP contribution in [-0.4, -0.2) is 30.7 Å². The number of fused-ring (bicyclic) bond motifs is 2. The highest BCUT2D eigenvalue weighted by Crippen LogP contribution is 2.33. The first-order chi connectivity index (χ1) is 12.7. The summed E-state index contributed by atoms with van der Waals surface area (Å²) >= 11 is 1.87. The number of ether oxygens (including phenoxy) is 2. The third-order valence-electron chi connectivity index (χ3n) is 4.80. The molecular weight excluding hydrogens is 346 g/mol. The average molecular weight is 369 g/mol. The number of pyridine rings is 1. The first kappa shape index (κ1) is 17.1. The number of aromatic nitrogens is 2. The van der Waals surface area contributed by atoms with Crippen LogP contribution in [0.4, 0.5) is 5.82 Å². The van der Waals surface area contributed by atoms with E-state index in [-0.39, 0.29) is 0 Å². The van der Waals surface area contributed by atoms with E-state index in [2.05, 4.69) is 18.3 Å². The van der Waals surface area contributed by atoms with Crippen molar-refractivity contribution in [1.82, 2.24) is 9.97 Å². The Balaban J connectivity index is 1.52. The highest BCUT2D eigenvalue weighted by Gasteiger charge is 2.16. The van der Waals surface area contributed by atoms with Crippen molar-refractivity contribution >= 4 is 28.1 Å². The fraction of sp³-hybridized carbons (Fsp3) is 0.400. The molecule has 0 saturated heterocycles. The number of rotatable bonds is 6. The van der Waals surface area contributed by atoms with Crippen molar-refractivity contribution in [2.24, 2.45) is 0 Å². The molecule has 3 aromatic rings. The van der Waals surface area contributed by atoms with E-state index in [1.165, 1.54) is 28.4 Å². The smallest absolute Gasteiger partial charge is 0.148 e. The number of hydrogen-bond acceptors (Lipinski definition) is 6. The van der Waals surface area contributed by atoms with E-state index < -0.39 is 0 Å². The molecule has 1 aliphatic rings. The fourth-order valence-electron chi connectivity index (χ4n) is 3.45. The Morgan fingerprint density at radius 3 is 2.77 bits per heavy atom. The van der Waals surface area contributed by atoms with Crippen LogP contribution < -0.4 is 14.8 Å². The van der Waals surface area contributed by atoms with Gasteiger partial charge in [-0.15, -0.1) is 11.3 Å². The van der Waals surface area contributed by atoms with Gasteiger partial charge in [-0.25, -0.2) is 9.97 Å². The second kappa shape index (κ2) is 7.11. The molecule has 1 aliphatic carbocycles. The van der Waals surface area contributed by atoms with Gasteiger partial charge in [-0.2, -0.15) is 0 Å². The van der Waals surface area contributed by atoms with E-state index in [9.17, 15) is 0 Å². The third-order valence-corrected chi connectivity index (χ3v) is 6.02. The molecule has 1 N–H and O–H groups in total. The van der Waals surface area contributed by atoms with E-state index in [0.29, 0.717) is 0 Å². The van der Waals surface area contributed by atoms with E-state index in [4.69, 9.17) is 19.4 Å². The number of benzene rings is 1. The highest BCUT2D eigenvalue weighted by molar-refractivity contribution is 7.11. The van der Waals surface area contributed by atoms with E-state index in [1.807, 2.05) is 23.5 Å². The topological polar surface area (TPSA) is 56.3 Å². The predicted molar refractivity (Wildman–Crippen MR) is 106 cm³/mol. The molecular formula is C20H23N3O2S. The number of nitrogens with one attached hydrogen (secondary N) is 1. The summed E-state index contributed by atoms with van der Waals surface area (Å²) in [5.41, 5.74) is 3.32. The predicted octanol–water partition coefficient (Wildman–Crippen LogP) is 4.16. The Morgan fingerprint density at radius 2 is 2.00 bits per heavy atom. The molecule has 0 unspecified atom stereocenters. The lowest BCUT2D eigenvalue weighted by atomic mass is 10.1. The molecule has 2 aromatic heterocycles. The zero-order valence-electron chi connectivity index (χ0n) is 15.4. The quantitative estimate of drug-likeness (QED) is 0.707. The van der Waals surface area contributed by atoms with Crippen LogP contribution in [0.15, 0.2) is 18.2 Å². The molecule has 4 rings (SSSR count). The van der Waals surface area contributed by atoms with Gasteiger partial charge >= 0.3 is 0 Å². The van der Waals surface area contributed by atoms with Crippen molar-refractivity contribution in [2.75, 3.05) is 26.1 Å². The van der Waals surface area contributed by atoms with E-state index in [1.54, 1.807) is 14.2 Å². The summed E-state index contributed by atoms with van der Waals surface area (Å²) in [6.45, 7) is 2.91. The van der Waals surface area contributed by atoms with Gasteiger partial charge in [0.1, 0.15) is 22.8 Å². The van der Waals surface area contributed by atoms with Crippen LogP contribution in [0.3, 0.4) is 0 Å². The maximum absolute atomic E-state index is 5.51. The minimum absolute atomic E-state index is 0.724. The summed E-state index contributed by atoms with van der Waals surface area (Å²) in [6, 6.07) is 5.94. The Bertz CT molecular complexity index is 930. The van der Waals surface area contributed by atoms with Crippen molar-refractivity contribution < 1.29 is 9.47 Å². The van der Waals surface area contributed by atoms with Gasteiger partial charge in [0.2, 0.25) is 0 Å². The fourth-order valence-corrected chi connectivity index (χ4v) is 4.60. The molecule has 0 bridgehead atoms. The molecule has 0 radical (unpaired) electrons. The molecule has 0 spiro atoms. The maximum Gasteiger partial charge on any atom is 0.148 e. The first-order valence-corrected chi connectivity index (χ1v) is 9.74. The molecule has 0 amide bonds. The Kier molecular flexibility index (Phi) is 4.68. The maximum atomic E-state index is 5.51. The zero-order valence-corrected chi connectivity index (χ0v) is 16.2. The number of anilines is 1. The number of thiazole rings is 1. The number of nitrogens with zero attached hydrogens (tertiary/aromatic N) is 2. The van der Waals surface area contributed by atoms with Gasteiger partial charge < -0.3 is 14.8 Å². The molecule has 0 saturated carbocycles.